The normalized spacial score (nSPS) is 14.7. The van der Waals surface area contributed by atoms with Gasteiger partial charge in [-0.05, 0) is 167 Å². The van der Waals surface area contributed by atoms with Gasteiger partial charge in [-0.3, -0.25) is 37.3 Å². The van der Waals surface area contributed by atoms with E-state index in [1.54, 1.807) is 0 Å². The lowest BCUT2D eigenvalue weighted by Crippen LogP contribution is -2.30. The number of aliphatic hydroxyl groups is 1. The molecule has 0 amide bonds. The number of unbranched alkanes of at least 4 members (excludes halogenated alkanes) is 21. The molecule has 19 heteroatoms. The Morgan fingerprint density at radius 1 is 0.255 bits per heavy atom. The zero-order chi connectivity index (χ0) is 80.3. The van der Waals surface area contributed by atoms with Crippen LogP contribution in [0, 0.1) is 0 Å². The molecule has 0 radical (unpaired) electrons. The van der Waals surface area contributed by atoms with Crippen LogP contribution in [-0.2, 0) is 65.4 Å². The lowest BCUT2D eigenvalue weighted by molar-refractivity contribution is -0.161. The lowest BCUT2D eigenvalue weighted by Gasteiger charge is -2.21. The summed E-state index contributed by atoms with van der Waals surface area (Å²) in [5.74, 6) is -2.46. The van der Waals surface area contributed by atoms with Crippen molar-refractivity contribution in [2.24, 2.45) is 0 Å². The molecule has 0 bridgehead atoms. The van der Waals surface area contributed by atoms with Crippen LogP contribution in [-0.4, -0.2) is 96.7 Å². The van der Waals surface area contributed by atoms with Crippen LogP contribution < -0.4 is 0 Å². The number of allylic oxidation sites excluding steroid dienone is 30. The smallest absolute Gasteiger partial charge is 0.462 e. The van der Waals surface area contributed by atoms with Crippen LogP contribution in [0.2, 0.25) is 0 Å². The molecule has 0 heterocycles. The first-order valence-electron chi connectivity index (χ1n) is 42.0. The molecule has 0 aliphatic rings. The van der Waals surface area contributed by atoms with Crippen molar-refractivity contribution in [2.45, 2.75) is 329 Å². The Morgan fingerprint density at radius 3 is 0.782 bits per heavy atom. The van der Waals surface area contributed by atoms with E-state index in [-0.39, 0.29) is 25.7 Å². The number of phosphoric ester groups is 2. The van der Waals surface area contributed by atoms with E-state index in [9.17, 15) is 43.2 Å². The molecule has 624 valence electrons. The summed E-state index contributed by atoms with van der Waals surface area (Å²) in [7, 11) is -10.0. The van der Waals surface area contributed by atoms with Gasteiger partial charge in [0.1, 0.15) is 19.3 Å². The Labute approximate surface area is 666 Å². The van der Waals surface area contributed by atoms with Gasteiger partial charge in [-0.25, -0.2) is 9.13 Å². The van der Waals surface area contributed by atoms with Gasteiger partial charge in [0.2, 0.25) is 0 Å². The average Bonchev–Trinajstić information content (AvgIpc) is 0.907. The first-order chi connectivity index (χ1) is 53.7. The third-order valence-electron chi connectivity index (χ3n) is 16.8. The van der Waals surface area contributed by atoms with Crippen molar-refractivity contribution in [3.8, 4) is 0 Å². The van der Waals surface area contributed by atoms with Gasteiger partial charge in [-0.2, -0.15) is 0 Å². The van der Waals surface area contributed by atoms with E-state index in [2.05, 4.69) is 161 Å². The Balaban J connectivity index is 5.59. The molecule has 0 spiro atoms. The highest BCUT2D eigenvalue weighted by Gasteiger charge is 2.30. The van der Waals surface area contributed by atoms with Crippen LogP contribution >= 0.6 is 15.6 Å². The van der Waals surface area contributed by atoms with Crippen molar-refractivity contribution in [1.29, 1.82) is 0 Å². The first-order valence-corrected chi connectivity index (χ1v) is 45.0. The fraction of sp³-hybridized carbons (Fsp3) is 0.626. The Hall–Kier alpha value is -5.84. The minimum absolute atomic E-state index is 0.0393. The highest BCUT2D eigenvalue weighted by molar-refractivity contribution is 7.47. The number of carbonyl (C=O) groups excluding carboxylic acids is 4. The third-order valence-corrected chi connectivity index (χ3v) is 18.7. The number of phosphoric acid groups is 2. The minimum Gasteiger partial charge on any atom is -0.462 e. The molecule has 2 unspecified atom stereocenters. The summed E-state index contributed by atoms with van der Waals surface area (Å²) in [5.41, 5.74) is 0. The van der Waals surface area contributed by atoms with Gasteiger partial charge in [0.25, 0.3) is 0 Å². The molecule has 17 nitrogen and oxygen atoms in total. The zero-order valence-electron chi connectivity index (χ0n) is 68.4. The highest BCUT2D eigenvalue weighted by atomic mass is 31.2. The van der Waals surface area contributed by atoms with E-state index >= 15 is 0 Å². The molecule has 110 heavy (non-hydrogen) atoms. The van der Waals surface area contributed by atoms with Crippen LogP contribution in [0.3, 0.4) is 0 Å². The molecule has 0 aromatic carbocycles. The molecule has 0 fully saturated rings. The third kappa shape index (κ3) is 80.2. The quantitative estimate of drug-likeness (QED) is 0.0169. The summed E-state index contributed by atoms with van der Waals surface area (Å²) in [4.78, 5) is 73.1. The van der Waals surface area contributed by atoms with Crippen molar-refractivity contribution in [1.82, 2.24) is 0 Å². The second-order valence-corrected chi connectivity index (χ2v) is 30.3. The van der Waals surface area contributed by atoms with E-state index in [1.165, 1.54) is 96.3 Å². The van der Waals surface area contributed by atoms with Crippen LogP contribution in [0.5, 0.6) is 0 Å². The maximum atomic E-state index is 13.1. The monoisotopic (exact) mass is 1580 g/mol. The van der Waals surface area contributed by atoms with E-state index < -0.39 is 97.5 Å². The number of hydrogen-bond donors (Lipinski definition) is 3. The van der Waals surface area contributed by atoms with E-state index in [0.29, 0.717) is 44.9 Å². The van der Waals surface area contributed by atoms with Crippen LogP contribution in [0.1, 0.15) is 310 Å². The van der Waals surface area contributed by atoms with Gasteiger partial charge in [0, 0.05) is 25.7 Å². The van der Waals surface area contributed by atoms with Gasteiger partial charge in [-0.1, -0.05) is 300 Å². The predicted molar refractivity (Wildman–Crippen MR) is 454 cm³/mol. The van der Waals surface area contributed by atoms with Gasteiger partial charge in [0.15, 0.2) is 12.2 Å². The van der Waals surface area contributed by atoms with E-state index in [1.807, 2.05) is 48.6 Å². The summed E-state index contributed by atoms with van der Waals surface area (Å²) in [6, 6.07) is 0. The molecular weight excluding hydrogens is 1430 g/mol. The average molecular weight is 1580 g/mol. The van der Waals surface area contributed by atoms with Crippen LogP contribution in [0.25, 0.3) is 0 Å². The Kier molecular flexibility index (Phi) is 76.9. The molecule has 0 aliphatic heterocycles. The number of rotatable bonds is 77. The van der Waals surface area contributed by atoms with Crippen molar-refractivity contribution < 1.29 is 80.2 Å². The molecule has 5 atom stereocenters. The maximum Gasteiger partial charge on any atom is 0.472 e. The lowest BCUT2D eigenvalue weighted by atomic mass is 10.1. The molecule has 0 saturated carbocycles. The minimum atomic E-state index is -5.03. The van der Waals surface area contributed by atoms with Crippen LogP contribution in [0.15, 0.2) is 182 Å². The molecule has 0 rings (SSSR count). The molecule has 0 aromatic rings. The maximum absolute atomic E-state index is 13.1. The van der Waals surface area contributed by atoms with Gasteiger partial charge >= 0.3 is 39.5 Å². The van der Waals surface area contributed by atoms with E-state index in [0.717, 1.165) is 116 Å². The fourth-order valence-electron chi connectivity index (χ4n) is 10.4. The summed E-state index contributed by atoms with van der Waals surface area (Å²) < 4.78 is 68.5. The largest absolute Gasteiger partial charge is 0.472 e. The molecule has 3 N–H and O–H groups in total. The van der Waals surface area contributed by atoms with Gasteiger partial charge < -0.3 is 33.8 Å². The summed E-state index contributed by atoms with van der Waals surface area (Å²) >= 11 is 0. The second kappa shape index (κ2) is 81.2. The SMILES string of the molecule is CCCCC/C=C\C/C=C\C/C=C\C/C=C\C/C=C\CCC(=O)O[C@H](COC(=O)CCC/C=C\C/C=C\C/C=C\C/C=C\CCCCC)COP(=O)(O)OC[C@@H](O)COP(=O)(O)OC[C@@H](COC(=O)CCCCCCC/C=C\CCCCCCCC)OC(=O)CC/C=C\C/C=C\C/C=C\C/C=C\C/C=C\CCCCC. The summed E-state index contributed by atoms with van der Waals surface area (Å²) in [6.07, 6.45) is 99.0. The van der Waals surface area contributed by atoms with E-state index in [4.69, 9.17) is 37.0 Å². The van der Waals surface area contributed by atoms with Crippen molar-refractivity contribution in [2.75, 3.05) is 39.6 Å². The van der Waals surface area contributed by atoms with Crippen molar-refractivity contribution in [3.63, 3.8) is 0 Å². The van der Waals surface area contributed by atoms with Gasteiger partial charge in [0.05, 0.1) is 26.4 Å². The Bertz CT molecular complexity index is 2800. The number of esters is 4. The topological polar surface area (TPSA) is 237 Å². The zero-order valence-corrected chi connectivity index (χ0v) is 70.1. The molecule has 0 saturated heterocycles. The standard InChI is InChI=1S/C91H148O17P2/c1-5-9-13-17-21-25-29-33-37-40-42-45-49-53-57-61-65-69-73-77-90(95)107-86(81-101-88(93)75-71-67-63-59-55-51-47-36-32-28-24-20-16-12-8-4)83-105-109(97,98)103-79-85(92)80-104-110(99,100)106-84-87(82-102-89(94)76-72-68-64-60-56-52-48-44-39-35-31-27-23-19-15-11-7-3)108-91(96)78-74-70-66-62-58-54-50-46-43-41-38-34-30-26-22-18-14-10-6-2/h21-23,25-27,33-39,42-43,45-48,52-54,57-58,60,64-66,69-70,85-87,92H,5-20,24,28-32,40-41,44,49-51,55-56,59,61-63,67-68,71-84H2,1-4H3,(H,97,98)(H,99,100)/b25-21-,26-22-,27-23-,37-33-,38-34-,39-35-,45-42-,46-43-,47-36-,52-48-,57-53-,58-54-,64-60-,69-65-,70-66-/t85-,86+,87+/m0/s1. The first kappa shape index (κ1) is 104. The number of carbonyl (C=O) groups is 4. The Morgan fingerprint density at radius 2 is 0.473 bits per heavy atom. The number of ether oxygens (including phenoxy) is 4. The number of hydrogen-bond acceptors (Lipinski definition) is 15. The van der Waals surface area contributed by atoms with Gasteiger partial charge in [-0.15, -0.1) is 0 Å². The summed E-state index contributed by atoms with van der Waals surface area (Å²) in [5, 5.41) is 10.7. The fourth-order valence-corrected chi connectivity index (χ4v) is 12.0. The van der Waals surface area contributed by atoms with Crippen molar-refractivity contribution >= 4 is 39.5 Å². The molecular formula is C91H148O17P2. The molecule has 0 aliphatic carbocycles. The second-order valence-electron chi connectivity index (χ2n) is 27.3. The van der Waals surface area contributed by atoms with Crippen LogP contribution in [0.4, 0.5) is 0 Å². The molecule has 0 aromatic heterocycles. The number of aliphatic hydroxyl groups excluding tert-OH is 1. The summed E-state index contributed by atoms with van der Waals surface area (Å²) in [6.45, 7) is 4.54. The highest BCUT2D eigenvalue weighted by Crippen LogP contribution is 2.45. The predicted octanol–water partition coefficient (Wildman–Crippen LogP) is 25.1. The van der Waals surface area contributed by atoms with Crippen molar-refractivity contribution in [3.05, 3.63) is 182 Å².